The van der Waals surface area contributed by atoms with Crippen LogP contribution in [-0.2, 0) is 5.54 Å². The Labute approximate surface area is 104 Å². The number of nitrogens with two attached hydrogens (primary N) is 1. The molecule has 3 nitrogen and oxygen atoms in total. The lowest BCUT2D eigenvalue weighted by atomic mass is 9.72. The first-order valence-electron chi connectivity index (χ1n) is 5.31. The van der Waals surface area contributed by atoms with Crippen LogP contribution >= 0.6 is 15.9 Å². The Balaban J connectivity index is 2.52. The van der Waals surface area contributed by atoms with Gasteiger partial charge in [0.1, 0.15) is 11.5 Å². The molecule has 1 aliphatic rings. The molecule has 0 amide bonds. The van der Waals surface area contributed by atoms with Gasteiger partial charge in [0.25, 0.3) is 0 Å². The van der Waals surface area contributed by atoms with Crippen molar-refractivity contribution in [1.82, 2.24) is 0 Å². The molecule has 0 saturated heterocycles. The van der Waals surface area contributed by atoms with Gasteiger partial charge in [0.05, 0.1) is 18.7 Å². The van der Waals surface area contributed by atoms with Gasteiger partial charge < -0.3 is 15.2 Å². The zero-order valence-corrected chi connectivity index (χ0v) is 11.1. The van der Waals surface area contributed by atoms with Crippen LogP contribution in [0.15, 0.2) is 16.6 Å². The number of hydrogen-bond donors (Lipinski definition) is 1. The largest absolute Gasteiger partial charge is 0.497 e. The highest BCUT2D eigenvalue weighted by atomic mass is 79.9. The molecule has 0 heterocycles. The second kappa shape index (κ2) is 4.26. The molecule has 0 bridgehead atoms. The minimum absolute atomic E-state index is 0.248. The third-order valence-corrected chi connectivity index (χ3v) is 3.83. The van der Waals surface area contributed by atoms with E-state index in [4.69, 9.17) is 15.2 Å². The van der Waals surface area contributed by atoms with Crippen molar-refractivity contribution < 1.29 is 9.47 Å². The van der Waals surface area contributed by atoms with E-state index in [9.17, 15) is 0 Å². The predicted octanol–water partition coefficient (Wildman–Crippen LogP) is 2.80. The Kier molecular flexibility index (Phi) is 3.13. The second-order valence-corrected chi connectivity index (χ2v) is 5.05. The zero-order chi connectivity index (χ0) is 11.8. The lowest BCUT2D eigenvalue weighted by Crippen LogP contribution is -2.43. The van der Waals surface area contributed by atoms with E-state index in [1.807, 2.05) is 12.1 Å². The minimum Gasteiger partial charge on any atom is -0.497 e. The summed E-state index contributed by atoms with van der Waals surface area (Å²) in [6, 6.07) is 3.87. The summed E-state index contributed by atoms with van der Waals surface area (Å²) >= 11 is 3.48. The van der Waals surface area contributed by atoms with Gasteiger partial charge >= 0.3 is 0 Å². The molecule has 2 rings (SSSR count). The molecule has 4 heteroatoms. The van der Waals surface area contributed by atoms with E-state index >= 15 is 0 Å². The topological polar surface area (TPSA) is 44.5 Å². The molecule has 16 heavy (non-hydrogen) atoms. The predicted molar refractivity (Wildman–Crippen MR) is 67.0 cm³/mol. The lowest BCUT2D eigenvalue weighted by Gasteiger charge is -2.39. The van der Waals surface area contributed by atoms with Crippen molar-refractivity contribution in [3.05, 3.63) is 22.2 Å². The van der Waals surface area contributed by atoms with Gasteiger partial charge in [-0.25, -0.2) is 0 Å². The molecule has 1 saturated carbocycles. The smallest absolute Gasteiger partial charge is 0.138 e. The van der Waals surface area contributed by atoms with E-state index in [0.717, 1.165) is 34.4 Å². The molecule has 1 fully saturated rings. The molecule has 2 N–H and O–H groups in total. The number of halogens is 1. The second-order valence-electron chi connectivity index (χ2n) is 4.20. The van der Waals surface area contributed by atoms with Crippen molar-refractivity contribution in [2.45, 2.75) is 24.8 Å². The van der Waals surface area contributed by atoms with Crippen molar-refractivity contribution in [2.75, 3.05) is 14.2 Å². The van der Waals surface area contributed by atoms with Gasteiger partial charge in [-0.05, 0) is 47.3 Å². The molecule has 1 aromatic carbocycles. The highest BCUT2D eigenvalue weighted by molar-refractivity contribution is 9.10. The number of rotatable bonds is 3. The van der Waals surface area contributed by atoms with Gasteiger partial charge in [0, 0.05) is 11.1 Å². The molecule has 0 atom stereocenters. The molecular weight excluding hydrogens is 270 g/mol. The van der Waals surface area contributed by atoms with E-state index in [2.05, 4.69) is 15.9 Å². The van der Waals surface area contributed by atoms with Crippen LogP contribution in [0.25, 0.3) is 0 Å². The number of ether oxygens (including phenoxy) is 2. The summed E-state index contributed by atoms with van der Waals surface area (Å²) in [6.07, 6.45) is 3.18. The van der Waals surface area contributed by atoms with Crippen molar-refractivity contribution in [2.24, 2.45) is 5.73 Å². The Bertz CT molecular complexity index is 402. The summed E-state index contributed by atoms with van der Waals surface area (Å²) in [5, 5.41) is 0. The molecule has 0 unspecified atom stereocenters. The molecule has 1 aromatic rings. The fraction of sp³-hybridized carbons (Fsp3) is 0.500. The standard InChI is InChI=1S/C12H16BrNO2/c1-15-8-6-9(12(14)4-3-5-12)11(16-2)10(13)7-8/h6-7H,3-5,14H2,1-2H3. The first-order valence-corrected chi connectivity index (χ1v) is 6.11. The maximum absolute atomic E-state index is 6.34. The summed E-state index contributed by atoms with van der Waals surface area (Å²) in [5.74, 6) is 1.63. The summed E-state index contributed by atoms with van der Waals surface area (Å²) in [5.41, 5.74) is 7.12. The summed E-state index contributed by atoms with van der Waals surface area (Å²) in [4.78, 5) is 0. The van der Waals surface area contributed by atoms with Crippen LogP contribution in [0.5, 0.6) is 11.5 Å². The monoisotopic (exact) mass is 285 g/mol. The van der Waals surface area contributed by atoms with Crippen LogP contribution in [0.4, 0.5) is 0 Å². The quantitative estimate of drug-likeness (QED) is 0.929. The SMILES string of the molecule is COc1cc(Br)c(OC)c(C2(N)CCC2)c1. The van der Waals surface area contributed by atoms with Crippen LogP contribution in [0.2, 0.25) is 0 Å². The zero-order valence-electron chi connectivity index (χ0n) is 9.55. The fourth-order valence-corrected chi connectivity index (χ4v) is 2.69. The highest BCUT2D eigenvalue weighted by Crippen LogP contribution is 2.46. The first kappa shape index (κ1) is 11.7. The van der Waals surface area contributed by atoms with Crippen LogP contribution in [0.3, 0.4) is 0 Å². The van der Waals surface area contributed by atoms with Crippen LogP contribution in [0, 0.1) is 0 Å². The first-order chi connectivity index (χ1) is 7.60. The lowest BCUT2D eigenvalue weighted by molar-refractivity contribution is 0.242. The van der Waals surface area contributed by atoms with Crippen molar-refractivity contribution in [3.8, 4) is 11.5 Å². The summed E-state index contributed by atoms with van der Waals surface area (Å²) in [7, 11) is 3.32. The highest BCUT2D eigenvalue weighted by Gasteiger charge is 2.37. The van der Waals surface area contributed by atoms with Crippen LogP contribution in [0.1, 0.15) is 24.8 Å². The van der Waals surface area contributed by atoms with Crippen molar-refractivity contribution in [1.29, 1.82) is 0 Å². The van der Waals surface area contributed by atoms with Gasteiger partial charge in [-0.15, -0.1) is 0 Å². The molecular formula is C12H16BrNO2. The van der Waals surface area contributed by atoms with E-state index in [1.165, 1.54) is 6.42 Å². The fourth-order valence-electron chi connectivity index (χ4n) is 2.09. The van der Waals surface area contributed by atoms with Gasteiger partial charge in [0.15, 0.2) is 0 Å². The van der Waals surface area contributed by atoms with Crippen LogP contribution in [-0.4, -0.2) is 14.2 Å². The van der Waals surface area contributed by atoms with E-state index < -0.39 is 0 Å². The molecule has 1 aliphatic carbocycles. The molecule has 0 radical (unpaired) electrons. The number of benzene rings is 1. The average molecular weight is 286 g/mol. The Morgan fingerprint density at radius 2 is 1.94 bits per heavy atom. The Morgan fingerprint density at radius 1 is 1.25 bits per heavy atom. The third kappa shape index (κ3) is 1.80. The number of methoxy groups -OCH3 is 2. The van der Waals surface area contributed by atoms with E-state index in [0.29, 0.717) is 0 Å². The van der Waals surface area contributed by atoms with Gasteiger partial charge in [-0.2, -0.15) is 0 Å². The normalized spacial score (nSPS) is 17.8. The van der Waals surface area contributed by atoms with Gasteiger partial charge in [0.2, 0.25) is 0 Å². The Hall–Kier alpha value is -0.740. The van der Waals surface area contributed by atoms with Gasteiger partial charge in [-0.1, -0.05) is 0 Å². The molecule has 88 valence electrons. The molecule has 0 spiro atoms. The van der Waals surface area contributed by atoms with Crippen molar-refractivity contribution in [3.63, 3.8) is 0 Å². The van der Waals surface area contributed by atoms with Crippen molar-refractivity contribution >= 4 is 15.9 Å². The maximum atomic E-state index is 6.34. The summed E-state index contributed by atoms with van der Waals surface area (Å²) in [6.45, 7) is 0. The Morgan fingerprint density at radius 3 is 2.38 bits per heavy atom. The molecule has 0 aliphatic heterocycles. The average Bonchev–Trinajstić information content (AvgIpc) is 2.24. The van der Waals surface area contributed by atoms with E-state index in [-0.39, 0.29) is 5.54 Å². The van der Waals surface area contributed by atoms with Gasteiger partial charge in [-0.3, -0.25) is 0 Å². The third-order valence-electron chi connectivity index (χ3n) is 3.24. The number of hydrogen-bond acceptors (Lipinski definition) is 3. The molecule has 0 aromatic heterocycles. The maximum Gasteiger partial charge on any atom is 0.138 e. The van der Waals surface area contributed by atoms with Crippen LogP contribution < -0.4 is 15.2 Å². The minimum atomic E-state index is -0.248. The van der Waals surface area contributed by atoms with E-state index in [1.54, 1.807) is 14.2 Å². The summed E-state index contributed by atoms with van der Waals surface area (Å²) < 4.78 is 11.6.